The molecule has 0 fully saturated rings. The summed E-state index contributed by atoms with van der Waals surface area (Å²) >= 11 is -0.590. The highest BCUT2D eigenvalue weighted by Gasteiger charge is 2.38. The summed E-state index contributed by atoms with van der Waals surface area (Å²) in [6.07, 6.45) is 0. The zero-order chi connectivity index (χ0) is 9.28. The van der Waals surface area contributed by atoms with Crippen molar-refractivity contribution in [2.75, 3.05) is 0 Å². The van der Waals surface area contributed by atoms with Gasteiger partial charge in [-0.15, -0.1) is 0 Å². The second-order valence-electron chi connectivity index (χ2n) is 5.69. The lowest BCUT2D eigenvalue weighted by Gasteiger charge is -2.35. The lowest BCUT2D eigenvalue weighted by molar-refractivity contribution is 0.639. The van der Waals surface area contributed by atoms with Crippen LogP contribution in [0.4, 0.5) is 0 Å². The summed E-state index contributed by atoms with van der Waals surface area (Å²) in [7, 11) is 0. The van der Waals surface area contributed by atoms with Crippen LogP contribution in [0.3, 0.4) is 0 Å². The van der Waals surface area contributed by atoms with Crippen LogP contribution in [0.25, 0.3) is 0 Å². The molecule has 0 heterocycles. The fraction of sp³-hybridized carbons (Fsp3) is 1.00. The predicted molar refractivity (Wildman–Crippen MR) is 55.7 cm³/mol. The van der Waals surface area contributed by atoms with Gasteiger partial charge in [0.05, 0.1) is 0 Å². The predicted octanol–water partition coefficient (Wildman–Crippen LogP) is 4.10. The van der Waals surface area contributed by atoms with Crippen molar-refractivity contribution in [3.8, 4) is 0 Å². The van der Waals surface area contributed by atoms with Crippen molar-refractivity contribution in [1.29, 1.82) is 0 Å². The molecule has 0 atom stereocenters. The summed E-state index contributed by atoms with van der Waals surface area (Å²) in [5.74, 6) is 0. The average molecular weight is 170 g/mol. The summed E-state index contributed by atoms with van der Waals surface area (Å²) < 4.78 is 1.18. The molecule has 0 radical (unpaired) electrons. The van der Waals surface area contributed by atoms with Gasteiger partial charge in [-0.25, -0.2) is 0 Å². The first kappa shape index (κ1) is 11.5. The number of hydrogen-bond donors (Lipinski definition) is 0. The third-order valence-electron chi connectivity index (χ3n) is 2.50. The molecule has 0 bridgehead atoms. The van der Waals surface area contributed by atoms with Crippen LogP contribution >= 0.6 is 0 Å². The summed E-state index contributed by atoms with van der Waals surface area (Å²) in [6.45, 7) is 16.8. The quantitative estimate of drug-likeness (QED) is 0.520. The fourth-order valence-electron chi connectivity index (χ4n) is 2.52. The van der Waals surface area contributed by atoms with E-state index in [4.69, 9.17) is 0 Å². The molecular weight excluding hydrogens is 147 g/mol. The molecule has 0 saturated carbocycles. The maximum atomic E-state index is 2.40. The second kappa shape index (κ2) is 3.50. The van der Waals surface area contributed by atoms with Gasteiger partial charge in [0.25, 0.3) is 14.1 Å². The first-order chi connectivity index (χ1) is 4.69. The molecule has 0 N–H and O–H groups in total. The van der Waals surface area contributed by atoms with Crippen LogP contribution in [0.1, 0.15) is 48.5 Å². The van der Waals surface area contributed by atoms with Gasteiger partial charge in [0.1, 0.15) is 0 Å². The molecule has 11 heavy (non-hydrogen) atoms. The Morgan fingerprint density at radius 1 is 0.818 bits per heavy atom. The fourth-order valence-corrected chi connectivity index (χ4v) is 7.57. The maximum absolute atomic E-state index is 2.40. The van der Waals surface area contributed by atoms with E-state index in [1.165, 1.54) is 5.28 Å². The Bertz CT molecular complexity index is 99.8. The lowest BCUT2D eigenvalue weighted by Crippen LogP contribution is -2.33. The van der Waals surface area contributed by atoms with Gasteiger partial charge in [0, 0.05) is 0 Å². The Labute approximate surface area is 76.8 Å². The van der Waals surface area contributed by atoms with Gasteiger partial charge < -0.3 is 0 Å². The largest absolute Gasteiger partial charge is 0.273 e. The zero-order valence-corrected chi connectivity index (χ0v) is 10.4. The molecule has 0 aromatic carbocycles. The van der Waals surface area contributed by atoms with Gasteiger partial charge in [-0.05, 0) is 0 Å². The normalized spacial score (nSPS) is 13.4. The Morgan fingerprint density at radius 2 is 1.09 bits per heavy atom. The van der Waals surface area contributed by atoms with Gasteiger partial charge in [0.15, 0.2) is 0 Å². The molecule has 0 spiro atoms. The van der Waals surface area contributed by atoms with E-state index in [0.29, 0.717) is 8.55 Å². The SMILES string of the molecule is C[CH2][Al]([C](C)(C)C)[C](C)(C)C. The molecule has 1 heteroatoms. The van der Waals surface area contributed by atoms with E-state index in [1.54, 1.807) is 0 Å². The second-order valence-corrected chi connectivity index (χ2v) is 11.1. The topological polar surface area (TPSA) is 0 Å². The molecule has 0 aliphatic rings. The van der Waals surface area contributed by atoms with E-state index in [-0.39, 0.29) is 0 Å². The van der Waals surface area contributed by atoms with Crippen molar-refractivity contribution >= 4 is 14.1 Å². The van der Waals surface area contributed by atoms with E-state index >= 15 is 0 Å². The monoisotopic (exact) mass is 170 g/mol. The van der Waals surface area contributed by atoms with E-state index < -0.39 is 14.1 Å². The molecule has 0 aromatic heterocycles. The maximum Gasteiger partial charge on any atom is 0.273 e. The average Bonchev–Trinajstić information content (AvgIpc) is 1.56. The van der Waals surface area contributed by atoms with Crippen LogP contribution < -0.4 is 0 Å². The Balaban J connectivity index is 4.43. The first-order valence-corrected chi connectivity index (χ1v) is 6.66. The van der Waals surface area contributed by atoms with Crippen LogP contribution in [0.2, 0.25) is 13.8 Å². The number of hydrogen-bond acceptors (Lipinski definition) is 0. The molecule has 0 amide bonds. The molecule has 0 rings (SSSR count). The van der Waals surface area contributed by atoms with Crippen LogP contribution in [0, 0.1) is 0 Å². The van der Waals surface area contributed by atoms with Crippen LogP contribution in [-0.4, -0.2) is 14.1 Å². The minimum atomic E-state index is -0.590. The van der Waals surface area contributed by atoms with Gasteiger partial charge >= 0.3 is 0 Å². The van der Waals surface area contributed by atoms with E-state index in [1.807, 2.05) is 0 Å². The van der Waals surface area contributed by atoms with Crippen molar-refractivity contribution in [2.45, 2.75) is 62.3 Å². The van der Waals surface area contributed by atoms with Crippen LogP contribution in [0.15, 0.2) is 0 Å². The highest BCUT2D eigenvalue weighted by atomic mass is 27.2. The minimum Gasteiger partial charge on any atom is -0.0961 e. The minimum absolute atomic E-state index is 0.590. The van der Waals surface area contributed by atoms with Crippen molar-refractivity contribution in [3.05, 3.63) is 0 Å². The molecule has 66 valence electrons. The molecule has 0 nitrogen and oxygen atoms in total. The van der Waals surface area contributed by atoms with Crippen molar-refractivity contribution in [2.24, 2.45) is 0 Å². The molecule has 0 unspecified atom stereocenters. The third-order valence-corrected chi connectivity index (χ3v) is 7.50. The molecule has 0 saturated heterocycles. The van der Waals surface area contributed by atoms with Crippen molar-refractivity contribution in [3.63, 3.8) is 0 Å². The Kier molecular flexibility index (Phi) is 3.67. The third kappa shape index (κ3) is 3.63. The standard InChI is InChI=1S/2C4H9.C2H5.Al/c2*1-4(2)3;1-2;/h2*1-3H3;1H2,2H3;. The van der Waals surface area contributed by atoms with Crippen molar-refractivity contribution in [1.82, 2.24) is 0 Å². The smallest absolute Gasteiger partial charge is 0.0961 e. The molecule has 0 aliphatic heterocycles. The molecule has 0 aliphatic carbocycles. The van der Waals surface area contributed by atoms with Gasteiger partial charge in [-0.2, -0.15) is 0 Å². The summed E-state index contributed by atoms with van der Waals surface area (Å²) in [4.78, 5) is 0. The molecule has 0 aromatic rings. The summed E-state index contributed by atoms with van der Waals surface area (Å²) in [5, 5.41) is 1.42. The van der Waals surface area contributed by atoms with Crippen LogP contribution in [-0.2, 0) is 0 Å². The zero-order valence-electron chi connectivity index (χ0n) is 9.28. The number of rotatable bonds is 1. The van der Waals surface area contributed by atoms with E-state index in [2.05, 4.69) is 48.5 Å². The summed E-state index contributed by atoms with van der Waals surface area (Å²) in [5.41, 5.74) is 0. The lowest BCUT2D eigenvalue weighted by atomic mass is 10.2. The van der Waals surface area contributed by atoms with E-state index in [9.17, 15) is 0 Å². The highest BCUT2D eigenvalue weighted by molar-refractivity contribution is 6.65. The summed E-state index contributed by atoms with van der Waals surface area (Å²) in [6, 6.07) is 0. The van der Waals surface area contributed by atoms with Gasteiger partial charge in [-0.1, -0.05) is 62.3 Å². The Hall–Kier alpha value is 0.532. The van der Waals surface area contributed by atoms with Crippen LogP contribution in [0.5, 0.6) is 0 Å². The van der Waals surface area contributed by atoms with Gasteiger partial charge in [-0.3, -0.25) is 0 Å². The highest BCUT2D eigenvalue weighted by Crippen LogP contribution is 2.43. The Morgan fingerprint density at radius 3 is 1.09 bits per heavy atom. The van der Waals surface area contributed by atoms with E-state index in [0.717, 1.165) is 0 Å². The van der Waals surface area contributed by atoms with Crippen molar-refractivity contribution < 1.29 is 0 Å². The first-order valence-electron chi connectivity index (χ1n) is 4.69. The van der Waals surface area contributed by atoms with Gasteiger partial charge in [0.2, 0.25) is 0 Å². The molecular formula is C10H23Al.